The second-order valence-electron chi connectivity index (χ2n) is 1.89. The Kier molecular flexibility index (Phi) is 5.66. The largest absolute Gasteiger partial charge is 0.465 e. The first-order chi connectivity index (χ1) is 5.79. The van der Waals surface area contributed by atoms with Gasteiger partial charge in [0.25, 0.3) is 0 Å². The molecular formula is C8H12N2O2. The first kappa shape index (κ1) is 10.7. The molecule has 4 heteroatoms. The predicted molar refractivity (Wildman–Crippen MR) is 45.7 cm³/mol. The van der Waals surface area contributed by atoms with Crippen molar-refractivity contribution in [1.29, 1.82) is 5.26 Å². The summed E-state index contributed by atoms with van der Waals surface area (Å²) in [4.78, 5) is 3.74. The Morgan fingerprint density at radius 1 is 1.67 bits per heavy atom. The number of hydrogen-bond acceptors (Lipinski definition) is 4. The van der Waals surface area contributed by atoms with Crippen LogP contribution in [0, 0.1) is 11.3 Å². The molecule has 0 aromatic carbocycles. The molecule has 66 valence electrons. The fourth-order valence-corrected chi connectivity index (χ4v) is 0.626. The zero-order valence-electron chi connectivity index (χ0n) is 7.50. The SMILES string of the molecule is C/C=C(/OCOC)C(C#N)=NC. The van der Waals surface area contributed by atoms with Crippen LogP contribution in [0.5, 0.6) is 0 Å². The van der Waals surface area contributed by atoms with Gasteiger partial charge in [0.1, 0.15) is 6.07 Å². The topological polar surface area (TPSA) is 54.6 Å². The van der Waals surface area contributed by atoms with Gasteiger partial charge in [-0.3, -0.25) is 4.99 Å². The third-order valence-corrected chi connectivity index (χ3v) is 1.16. The van der Waals surface area contributed by atoms with Crippen LogP contribution in [0.15, 0.2) is 16.8 Å². The fourth-order valence-electron chi connectivity index (χ4n) is 0.626. The summed E-state index contributed by atoms with van der Waals surface area (Å²) in [5.74, 6) is 0.446. The quantitative estimate of drug-likeness (QED) is 0.359. The van der Waals surface area contributed by atoms with Crippen molar-refractivity contribution in [3.8, 4) is 6.07 Å². The van der Waals surface area contributed by atoms with Crippen LogP contribution in [-0.2, 0) is 9.47 Å². The summed E-state index contributed by atoms with van der Waals surface area (Å²) in [5.41, 5.74) is 0.273. The minimum Gasteiger partial charge on any atom is -0.465 e. The van der Waals surface area contributed by atoms with Gasteiger partial charge in [0, 0.05) is 14.2 Å². The number of rotatable bonds is 4. The molecule has 0 amide bonds. The second kappa shape index (κ2) is 6.38. The van der Waals surface area contributed by atoms with Gasteiger partial charge in [-0.05, 0) is 13.0 Å². The summed E-state index contributed by atoms with van der Waals surface area (Å²) >= 11 is 0. The molecule has 0 aromatic heterocycles. The molecule has 0 radical (unpaired) electrons. The van der Waals surface area contributed by atoms with Gasteiger partial charge in [0.15, 0.2) is 18.3 Å². The highest BCUT2D eigenvalue weighted by atomic mass is 16.7. The molecule has 0 N–H and O–H groups in total. The van der Waals surface area contributed by atoms with Crippen LogP contribution in [0.25, 0.3) is 0 Å². The van der Waals surface area contributed by atoms with Crippen molar-refractivity contribution in [2.75, 3.05) is 21.0 Å². The van der Waals surface area contributed by atoms with Crippen LogP contribution >= 0.6 is 0 Å². The van der Waals surface area contributed by atoms with Gasteiger partial charge in [-0.1, -0.05) is 0 Å². The molecule has 0 aromatic rings. The van der Waals surface area contributed by atoms with E-state index in [9.17, 15) is 0 Å². The van der Waals surface area contributed by atoms with Crippen LogP contribution in [-0.4, -0.2) is 26.7 Å². The third-order valence-electron chi connectivity index (χ3n) is 1.16. The molecule has 0 rings (SSSR count). The average molecular weight is 168 g/mol. The van der Waals surface area contributed by atoms with E-state index in [0.717, 1.165) is 0 Å². The van der Waals surface area contributed by atoms with E-state index in [1.165, 1.54) is 14.2 Å². The van der Waals surface area contributed by atoms with Crippen LogP contribution in [0.1, 0.15) is 6.92 Å². The maximum Gasteiger partial charge on any atom is 0.188 e. The Labute approximate surface area is 72.1 Å². The Hall–Kier alpha value is -1.34. The zero-order chi connectivity index (χ0) is 9.40. The summed E-state index contributed by atoms with van der Waals surface area (Å²) in [6.45, 7) is 1.90. The number of hydrogen-bond donors (Lipinski definition) is 0. The van der Waals surface area contributed by atoms with Crippen LogP contribution in [0.2, 0.25) is 0 Å². The maximum atomic E-state index is 8.58. The van der Waals surface area contributed by atoms with Gasteiger partial charge >= 0.3 is 0 Å². The number of nitrogens with zero attached hydrogens (tertiary/aromatic N) is 2. The van der Waals surface area contributed by atoms with Crippen molar-refractivity contribution in [1.82, 2.24) is 0 Å². The molecule has 12 heavy (non-hydrogen) atoms. The standard InChI is InChI=1S/C8H12N2O2/c1-4-8(12-6-11-3)7(5-9)10-2/h4H,6H2,1-3H3/b8-4+,10-7?. The van der Waals surface area contributed by atoms with Gasteiger partial charge in [0.2, 0.25) is 0 Å². The van der Waals surface area contributed by atoms with Crippen molar-refractivity contribution in [2.45, 2.75) is 6.92 Å². The van der Waals surface area contributed by atoms with Crippen LogP contribution < -0.4 is 0 Å². The summed E-state index contributed by atoms with van der Waals surface area (Å²) in [6, 6.07) is 1.91. The van der Waals surface area contributed by atoms with Gasteiger partial charge in [-0.2, -0.15) is 5.26 Å². The highest BCUT2D eigenvalue weighted by Gasteiger charge is 2.04. The number of nitriles is 1. The number of aliphatic imine (C=N–C) groups is 1. The molecule has 0 atom stereocenters. The van der Waals surface area contributed by atoms with Gasteiger partial charge < -0.3 is 9.47 Å². The minimum absolute atomic E-state index is 0.125. The van der Waals surface area contributed by atoms with E-state index in [0.29, 0.717) is 5.76 Å². The van der Waals surface area contributed by atoms with E-state index >= 15 is 0 Å². The lowest BCUT2D eigenvalue weighted by Gasteiger charge is -2.05. The molecule has 0 saturated heterocycles. The third kappa shape index (κ3) is 3.17. The lowest BCUT2D eigenvalue weighted by Crippen LogP contribution is -2.06. The first-order valence-corrected chi connectivity index (χ1v) is 3.45. The van der Waals surface area contributed by atoms with Gasteiger partial charge in [0.05, 0.1) is 0 Å². The molecule has 0 aliphatic heterocycles. The molecular weight excluding hydrogens is 156 g/mol. The molecule has 0 bridgehead atoms. The number of allylic oxidation sites excluding steroid dienone is 2. The summed E-state index contributed by atoms with van der Waals surface area (Å²) in [7, 11) is 3.06. The molecule has 0 heterocycles. The molecule has 0 aliphatic rings. The van der Waals surface area contributed by atoms with E-state index in [2.05, 4.69) is 9.73 Å². The van der Waals surface area contributed by atoms with E-state index in [1.807, 2.05) is 6.07 Å². The average Bonchev–Trinajstić information content (AvgIpc) is 2.12. The van der Waals surface area contributed by atoms with Gasteiger partial charge in [-0.15, -0.1) is 0 Å². The number of methoxy groups -OCH3 is 1. The smallest absolute Gasteiger partial charge is 0.188 e. The molecule has 0 saturated carbocycles. The highest BCUT2D eigenvalue weighted by Crippen LogP contribution is 1.99. The molecule has 0 unspecified atom stereocenters. The van der Waals surface area contributed by atoms with Crippen LogP contribution in [0.4, 0.5) is 0 Å². The summed E-state index contributed by atoms with van der Waals surface area (Å²) in [6.07, 6.45) is 1.67. The predicted octanol–water partition coefficient (Wildman–Crippen LogP) is 1.11. The summed E-state index contributed by atoms with van der Waals surface area (Å²) in [5, 5.41) is 8.58. The Balaban J connectivity index is 4.28. The number of ether oxygens (including phenoxy) is 2. The zero-order valence-corrected chi connectivity index (χ0v) is 7.50. The molecule has 4 nitrogen and oxygen atoms in total. The highest BCUT2D eigenvalue weighted by molar-refractivity contribution is 6.09. The Bertz CT molecular complexity index is 226. The van der Waals surface area contributed by atoms with Crippen molar-refractivity contribution in [2.24, 2.45) is 4.99 Å². The maximum absolute atomic E-state index is 8.58. The minimum atomic E-state index is 0.125. The lowest BCUT2D eigenvalue weighted by atomic mass is 10.3. The summed E-state index contributed by atoms with van der Waals surface area (Å²) < 4.78 is 9.76. The Morgan fingerprint density at radius 3 is 2.67 bits per heavy atom. The van der Waals surface area contributed by atoms with E-state index in [4.69, 9.17) is 10.00 Å². The van der Waals surface area contributed by atoms with E-state index in [-0.39, 0.29) is 12.5 Å². The second-order valence-corrected chi connectivity index (χ2v) is 1.89. The molecule has 0 fully saturated rings. The monoisotopic (exact) mass is 168 g/mol. The van der Waals surface area contributed by atoms with Crippen molar-refractivity contribution in [3.63, 3.8) is 0 Å². The van der Waals surface area contributed by atoms with Crippen molar-refractivity contribution < 1.29 is 9.47 Å². The lowest BCUT2D eigenvalue weighted by molar-refractivity contribution is 0.0126. The van der Waals surface area contributed by atoms with Crippen LogP contribution in [0.3, 0.4) is 0 Å². The first-order valence-electron chi connectivity index (χ1n) is 3.45. The van der Waals surface area contributed by atoms with E-state index < -0.39 is 0 Å². The van der Waals surface area contributed by atoms with Crippen molar-refractivity contribution >= 4 is 5.71 Å². The molecule has 0 spiro atoms. The van der Waals surface area contributed by atoms with Gasteiger partial charge in [-0.25, -0.2) is 0 Å². The fraction of sp³-hybridized carbons (Fsp3) is 0.500. The van der Waals surface area contributed by atoms with Crippen molar-refractivity contribution in [3.05, 3.63) is 11.8 Å². The normalized spacial score (nSPS) is 12.5. The Morgan fingerprint density at radius 2 is 2.33 bits per heavy atom. The molecule has 0 aliphatic carbocycles. The van der Waals surface area contributed by atoms with E-state index in [1.54, 1.807) is 13.0 Å².